The fourth-order valence-electron chi connectivity index (χ4n) is 2.12. The van der Waals surface area contributed by atoms with E-state index in [1.807, 2.05) is 20.0 Å². The number of carbonyl (C=O) groups is 1. The monoisotopic (exact) mass is 267 g/mol. The zero-order valence-electron chi connectivity index (χ0n) is 11.6. The van der Waals surface area contributed by atoms with Crippen molar-refractivity contribution in [3.8, 4) is 0 Å². The number of carbonyl (C=O) groups excluding carboxylic acids is 1. The van der Waals surface area contributed by atoms with Crippen molar-refractivity contribution in [2.24, 2.45) is 0 Å². The molecular weight excluding hydrogens is 246 g/mol. The maximum atomic E-state index is 12.1. The van der Waals surface area contributed by atoms with E-state index in [1.165, 1.54) is 0 Å². The molecule has 19 heavy (non-hydrogen) atoms. The SMILES string of the molecule is CO[C@@H]1CCOC[C@H]1NC(=O)c1ccn(C(C)C)n1. The van der Waals surface area contributed by atoms with Crippen LogP contribution in [-0.4, -0.2) is 48.2 Å². The van der Waals surface area contributed by atoms with Gasteiger partial charge in [0.05, 0.1) is 18.8 Å². The van der Waals surface area contributed by atoms with E-state index in [0.29, 0.717) is 18.9 Å². The molecule has 0 aliphatic carbocycles. The summed E-state index contributed by atoms with van der Waals surface area (Å²) in [7, 11) is 1.66. The maximum Gasteiger partial charge on any atom is 0.272 e. The number of aromatic nitrogens is 2. The fourth-order valence-corrected chi connectivity index (χ4v) is 2.12. The van der Waals surface area contributed by atoms with Gasteiger partial charge in [-0.2, -0.15) is 5.10 Å². The average Bonchev–Trinajstić information content (AvgIpc) is 2.89. The molecule has 1 N–H and O–H groups in total. The molecule has 0 saturated carbocycles. The Morgan fingerprint density at radius 1 is 1.63 bits per heavy atom. The predicted octanol–water partition coefficient (Wildman–Crippen LogP) is 0.998. The molecule has 0 spiro atoms. The Hall–Kier alpha value is -1.40. The van der Waals surface area contributed by atoms with Crippen molar-refractivity contribution in [3.63, 3.8) is 0 Å². The first-order valence-corrected chi connectivity index (χ1v) is 6.58. The largest absolute Gasteiger partial charge is 0.379 e. The number of hydrogen-bond acceptors (Lipinski definition) is 4. The average molecular weight is 267 g/mol. The summed E-state index contributed by atoms with van der Waals surface area (Å²) in [5.74, 6) is -0.183. The van der Waals surface area contributed by atoms with Crippen LogP contribution in [-0.2, 0) is 9.47 Å². The van der Waals surface area contributed by atoms with Gasteiger partial charge < -0.3 is 14.8 Å². The Kier molecular flexibility index (Phi) is 4.55. The highest BCUT2D eigenvalue weighted by Crippen LogP contribution is 2.12. The highest BCUT2D eigenvalue weighted by molar-refractivity contribution is 5.92. The van der Waals surface area contributed by atoms with E-state index in [0.717, 1.165) is 6.42 Å². The van der Waals surface area contributed by atoms with Gasteiger partial charge in [0, 0.05) is 26.0 Å². The molecule has 6 nitrogen and oxygen atoms in total. The van der Waals surface area contributed by atoms with Crippen LogP contribution < -0.4 is 5.32 Å². The summed E-state index contributed by atoms with van der Waals surface area (Å²) in [5, 5.41) is 7.17. The summed E-state index contributed by atoms with van der Waals surface area (Å²) in [6.07, 6.45) is 2.61. The third kappa shape index (κ3) is 3.33. The van der Waals surface area contributed by atoms with Gasteiger partial charge in [-0.05, 0) is 26.3 Å². The lowest BCUT2D eigenvalue weighted by Gasteiger charge is -2.30. The first kappa shape index (κ1) is 14.0. The van der Waals surface area contributed by atoms with Gasteiger partial charge in [0.15, 0.2) is 0 Å². The molecule has 1 aromatic heterocycles. The molecule has 1 saturated heterocycles. The van der Waals surface area contributed by atoms with Crippen LogP contribution in [0.1, 0.15) is 36.8 Å². The highest BCUT2D eigenvalue weighted by Gasteiger charge is 2.27. The number of nitrogens with zero attached hydrogens (tertiary/aromatic N) is 2. The Labute approximate surface area is 113 Å². The van der Waals surface area contributed by atoms with Crippen LogP contribution in [0.2, 0.25) is 0 Å². The van der Waals surface area contributed by atoms with Crippen LogP contribution in [0.25, 0.3) is 0 Å². The zero-order valence-corrected chi connectivity index (χ0v) is 11.6. The van der Waals surface area contributed by atoms with Crippen LogP contribution >= 0.6 is 0 Å². The van der Waals surface area contributed by atoms with Crippen molar-refractivity contribution in [2.75, 3.05) is 20.3 Å². The van der Waals surface area contributed by atoms with E-state index in [2.05, 4.69) is 10.4 Å². The molecule has 2 heterocycles. The number of hydrogen-bond donors (Lipinski definition) is 1. The van der Waals surface area contributed by atoms with Gasteiger partial charge in [-0.3, -0.25) is 9.48 Å². The van der Waals surface area contributed by atoms with Crippen LogP contribution in [0.4, 0.5) is 0 Å². The Bertz CT molecular complexity index is 431. The lowest BCUT2D eigenvalue weighted by Crippen LogP contribution is -2.50. The zero-order chi connectivity index (χ0) is 13.8. The first-order valence-electron chi connectivity index (χ1n) is 6.58. The molecule has 0 unspecified atom stereocenters. The lowest BCUT2D eigenvalue weighted by molar-refractivity contribution is -0.0349. The molecular formula is C13H21N3O3. The van der Waals surface area contributed by atoms with E-state index in [4.69, 9.17) is 9.47 Å². The van der Waals surface area contributed by atoms with Crippen molar-refractivity contribution in [2.45, 2.75) is 38.5 Å². The molecule has 2 rings (SSSR count). The summed E-state index contributed by atoms with van der Waals surface area (Å²) >= 11 is 0. The summed E-state index contributed by atoms with van der Waals surface area (Å²) in [5.41, 5.74) is 0.425. The molecule has 1 amide bonds. The fraction of sp³-hybridized carbons (Fsp3) is 0.692. The Morgan fingerprint density at radius 3 is 3.05 bits per heavy atom. The van der Waals surface area contributed by atoms with Gasteiger partial charge in [0.1, 0.15) is 5.69 Å². The molecule has 0 radical (unpaired) electrons. The maximum absolute atomic E-state index is 12.1. The van der Waals surface area contributed by atoms with Crippen molar-refractivity contribution in [3.05, 3.63) is 18.0 Å². The highest BCUT2D eigenvalue weighted by atomic mass is 16.5. The summed E-state index contributed by atoms with van der Waals surface area (Å²) in [6.45, 7) is 5.19. The predicted molar refractivity (Wildman–Crippen MR) is 70.1 cm³/mol. The number of amides is 1. The first-order chi connectivity index (χ1) is 9.11. The van der Waals surface area contributed by atoms with E-state index < -0.39 is 0 Å². The number of methoxy groups -OCH3 is 1. The number of nitrogens with one attached hydrogen (secondary N) is 1. The van der Waals surface area contributed by atoms with Crippen LogP contribution in [0.15, 0.2) is 12.3 Å². The topological polar surface area (TPSA) is 65.4 Å². The van der Waals surface area contributed by atoms with Crippen molar-refractivity contribution in [1.29, 1.82) is 0 Å². The third-order valence-electron chi connectivity index (χ3n) is 3.28. The molecule has 6 heteroatoms. The van der Waals surface area contributed by atoms with Crippen molar-refractivity contribution >= 4 is 5.91 Å². The molecule has 0 aromatic carbocycles. The van der Waals surface area contributed by atoms with Gasteiger partial charge in [-0.15, -0.1) is 0 Å². The second kappa shape index (κ2) is 6.16. The molecule has 0 bridgehead atoms. The Morgan fingerprint density at radius 2 is 2.42 bits per heavy atom. The third-order valence-corrected chi connectivity index (χ3v) is 3.28. The van der Waals surface area contributed by atoms with Crippen LogP contribution in [0.5, 0.6) is 0 Å². The number of ether oxygens (including phenoxy) is 2. The van der Waals surface area contributed by atoms with Crippen molar-refractivity contribution in [1.82, 2.24) is 15.1 Å². The molecule has 1 fully saturated rings. The normalized spacial score (nSPS) is 23.6. The molecule has 106 valence electrons. The van der Waals surface area contributed by atoms with Gasteiger partial charge in [-0.1, -0.05) is 0 Å². The van der Waals surface area contributed by atoms with E-state index in [9.17, 15) is 4.79 Å². The molecule has 2 atom stereocenters. The second-order valence-corrected chi connectivity index (χ2v) is 4.99. The Balaban J connectivity index is 1.99. The van der Waals surface area contributed by atoms with E-state index in [1.54, 1.807) is 17.9 Å². The van der Waals surface area contributed by atoms with Gasteiger partial charge in [-0.25, -0.2) is 0 Å². The standard InChI is InChI=1S/C13H21N3O3/c1-9(2)16-6-4-10(15-16)13(17)14-11-8-19-7-5-12(11)18-3/h4,6,9,11-12H,5,7-8H2,1-3H3,(H,14,17)/t11-,12-/m1/s1. The summed E-state index contributed by atoms with van der Waals surface area (Å²) in [6, 6.07) is 1.85. The summed E-state index contributed by atoms with van der Waals surface area (Å²) in [4.78, 5) is 12.1. The molecule has 1 aromatic rings. The minimum absolute atomic E-state index is 0.00452. The smallest absolute Gasteiger partial charge is 0.272 e. The van der Waals surface area contributed by atoms with Gasteiger partial charge >= 0.3 is 0 Å². The second-order valence-electron chi connectivity index (χ2n) is 4.99. The van der Waals surface area contributed by atoms with E-state index in [-0.39, 0.29) is 24.1 Å². The lowest BCUT2D eigenvalue weighted by atomic mass is 10.1. The van der Waals surface area contributed by atoms with Crippen LogP contribution in [0, 0.1) is 0 Å². The van der Waals surface area contributed by atoms with Gasteiger partial charge in [0.25, 0.3) is 5.91 Å². The summed E-state index contributed by atoms with van der Waals surface area (Å²) < 4.78 is 12.5. The van der Waals surface area contributed by atoms with Crippen molar-refractivity contribution < 1.29 is 14.3 Å². The van der Waals surface area contributed by atoms with Gasteiger partial charge in [0.2, 0.25) is 0 Å². The molecule has 1 aliphatic rings. The minimum atomic E-state index is -0.183. The van der Waals surface area contributed by atoms with Crippen LogP contribution in [0.3, 0.4) is 0 Å². The minimum Gasteiger partial charge on any atom is -0.379 e. The van der Waals surface area contributed by atoms with E-state index >= 15 is 0 Å². The quantitative estimate of drug-likeness (QED) is 0.883. The number of rotatable bonds is 4. The molecule has 1 aliphatic heterocycles.